The summed E-state index contributed by atoms with van der Waals surface area (Å²) in [6, 6.07) is 6.02. The van der Waals surface area contributed by atoms with Crippen molar-refractivity contribution < 1.29 is 13.9 Å². The van der Waals surface area contributed by atoms with Crippen molar-refractivity contribution in [2.24, 2.45) is 0 Å². The van der Waals surface area contributed by atoms with Crippen molar-refractivity contribution in [3.63, 3.8) is 0 Å². The number of rotatable bonds is 3. The molecule has 0 fully saturated rings. The predicted molar refractivity (Wildman–Crippen MR) is 60.7 cm³/mol. The van der Waals surface area contributed by atoms with Gasteiger partial charge in [-0.2, -0.15) is 0 Å². The lowest BCUT2D eigenvalue weighted by molar-refractivity contribution is -0.125. The molecule has 0 unspecified atom stereocenters. The summed E-state index contributed by atoms with van der Waals surface area (Å²) in [6.07, 6.45) is 0. The number of amides is 1. The fourth-order valence-corrected chi connectivity index (χ4v) is 1.03. The Morgan fingerprint density at radius 3 is 2.56 bits per heavy atom. The molecule has 88 valence electrons. The van der Waals surface area contributed by atoms with E-state index < -0.39 is 5.82 Å². The summed E-state index contributed by atoms with van der Waals surface area (Å²) in [7, 11) is 0. The van der Waals surface area contributed by atoms with Crippen molar-refractivity contribution in [2.75, 3.05) is 11.9 Å². The molecule has 0 saturated heterocycles. The number of halogens is 1. The number of nitrogens with one attached hydrogen (secondary N) is 1. The van der Waals surface area contributed by atoms with Crippen molar-refractivity contribution >= 4 is 11.6 Å². The summed E-state index contributed by atoms with van der Waals surface area (Å²) in [4.78, 5) is 11.4. The predicted octanol–water partition coefficient (Wildman–Crippen LogP) is 2.58. The minimum atomic E-state index is -0.452. The van der Waals surface area contributed by atoms with Gasteiger partial charge in [-0.1, -0.05) is 12.1 Å². The van der Waals surface area contributed by atoms with Crippen LogP contribution >= 0.6 is 0 Å². The Balaban J connectivity index is 2.50. The van der Waals surface area contributed by atoms with Crippen LogP contribution in [0.1, 0.15) is 20.8 Å². The SMILES string of the molecule is CC(C)(C)OCC(=O)Nc1ccccc1F. The first kappa shape index (κ1) is 12.6. The van der Waals surface area contributed by atoms with Crippen LogP contribution in [-0.4, -0.2) is 18.1 Å². The first-order valence-electron chi connectivity index (χ1n) is 5.07. The molecule has 0 heterocycles. The molecule has 0 saturated carbocycles. The van der Waals surface area contributed by atoms with Crippen LogP contribution < -0.4 is 5.32 Å². The number of para-hydroxylation sites is 1. The molecule has 0 aliphatic rings. The Morgan fingerprint density at radius 1 is 1.38 bits per heavy atom. The lowest BCUT2D eigenvalue weighted by atomic mass is 10.2. The van der Waals surface area contributed by atoms with Crippen LogP contribution in [0.4, 0.5) is 10.1 Å². The van der Waals surface area contributed by atoms with Crippen LogP contribution in [0.15, 0.2) is 24.3 Å². The molecule has 16 heavy (non-hydrogen) atoms. The molecule has 1 aromatic carbocycles. The molecule has 0 aromatic heterocycles. The number of carbonyl (C=O) groups is 1. The topological polar surface area (TPSA) is 38.3 Å². The van der Waals surface area contributed by atoms with Gasteiger partial charge >= 0.3 is 0 Å². The molecular weight excluding hydrogens is 209 g/mol. The smallest absolute Gasteiger partial charge is 0.250 e. The lowest BCUT2D eigenvalue weighted by Crippen LogP contribution is -2.27. The zero-order chi connectivity index (χ0) is 12.2. The van der Waals surface area contributed by atoms with E-state index in [4.69, 9.17) is 4.74 Å². The van der Waals surface area contributed by atoms with E-state index in [2.05, 4.69) is 5.32 Å². The number of hydrogen-bond donors (Lipinski definition) is 1. The highest BCUT2D eigenvalue weighted by molar-refractivity contribution is 5.91. The highest BCUT2D eigenvalue weighted by Gasteiger charge is 2.13. The molecule has 0 bridgehead atoms. The molecule has 0 aliphatic carbocycles. The highest BCUT2D eigenvalue weighted by atomic mass is 19.1. The third kappa shape index (κ3) is 4.40. The van der Waals surface area contributed by atoms with Gasteiger partial charge in [-0.05, 0) is 32.9 Å². The van der Waals surface area contributed by atoms with Crippen molar-refractivity contribution in [1.82, 2.24) is 0 Å². The van der Waals surface area contributed by atoms with E-state index in [-0.39, 0.29) is 23.8 Å². The molecule has 0 atom stereocenters. The van der Waals surface area contributed by atoms with E-state index in [1.165, 1.54) is 12.1 Å². The molecular formula is C12H16FNO2. The van der Waals surface area contributed by atoms with Crippen molar-refractivity contribution in [1.29, 1.82) is 0 Å². The number of carbonyl (C=O) groups excluding carboxylic acids is 1. The Bertz CT molecular complexity index is 372. The van der Waals surface area contributed by atoms with Crippen LogP contribution in [0.2, 0.25) is 0 Å². The maximum Gasteiger partial charge on any atom is 0.250 e. The van der Waals surface area contributed by atoms with Gasteiger partial charge in [0.1, 0.15) is 12.4 Å². The summed E-state index contributed by atoms with van der Waals surface area (Å²) in [5.74, 6) is -0.813. The normalized spacial score (nSPS) is 11.2. The van der Waals surface area contributed by atoms with Crippen LogP contribution in [-0.2, 0) is 9.53 Å². The molecule has 1 amide bonds. The van der Waals surface area contributed by atoms with Crippen LogP contribution in [0.25, 0.3) is 0 Å². The van der Waals surface area contributed by atoms with Crippen LogP contribution in [0.3, 0.4) is 0 Å². The third-order valence-electron chi connectivity index (χ3n) is 1.78. The molecule has 4 heteroatoms. The van der Waals surface area contributed by atoms with Crippen LogP contribution in [0.5, 0.6) is 0 Å². The summed E-state index contributed by atoms with van der Waals surface area (Å²) in [5, 5.41) is 2.44. The maximum absolute atomic E-state index is 13.2. The minimum Gasteiger partial charge on any atom is -0.366 e. The lowest BCUT2D eigenvalue weighted by Gasteiger charge is -2.19. The average molecular weight is 225 g/mol. The van der Waals surface area contributed by atoms with E-state index in [1.807, 2.05) is 20.8 Å². The second-order valence-electron chi connectivity index (χ2n) is 4.43. The van der Waals surface area contributed by atoms with Gasteiger partial charge in [0.05, 0.1) is 11.3 Å². The summed E-state index contributed by atoms with van der Waals surface area (Å²) in [6.45, 7) is 5.47. The summed E-state index contributed by atoms with van der Waals surface area (Å²) < 4.78 is 18.4. The zero-order valence-electron chi connectivity index (χ0n) is 9.71. The van der Waals surface area contributed by atoms with Gasteiger partial charge in [-0.3, -0.25) is 4.79 Å². The number of benzene rings is 1. The van der Waals surface area contributed by atoms with Gasteiger partial charge < -0.3 is 10.1 Å². The van der Waals surface area contributed by atoms with Crippen molar-refractivity contribution in [3.05, 3.63) is 30.1 Å². The van der Waals surface area contributed by atoms with Gasteiger partial charge in [0.15, 0.2) is 0 Å². The van der Waals surface area contributed by atoms with E-state index >= 15 is 0 Å². The van der Waals surface area contributed by atoms with Crippen molar-refractivity contribution in [3.8, 4) is 0 Å². The van der Waals surface area contributed by atoms with Gasteiger partial charge in [-0.25, -0.2) is 4.39 Å². The third-order valence-corrected chi connectivity index (χ3v) is 1.78. The maximum atomic E-state index is 13.2. The Kier molecular flexibility index (Phi) is 4.01. The molecule has 0 aliphatic heterocycles. The molecule has 1 rings (SSSR count). The average Bonchev–Trinajstić information content (AvgIpc) is 2.18. The molecule has 3 nitrogen and oxygen atoms in total. The largest absolute Gasteiger partial charge is 0.366 e. The van der Waals surface area contributed by atoms with Crippen LogP contribution in [0, 0.1) is 5.82 Å². The fourth-order valence-electron chi connectivity index (χ4n) is 1.03. The molecule has 0 spiro atoms. The Hall–Kier alpha value is -1.42. The standard InChI is InChI=1S/C12H16FNO2/c1-12(2,3)16-8-11(15)14-10-7-5-4-6-9(10)13/h4-7H,8H2,1-3H3,(H,14,15). The van der Waals surface area contributed by atoms with Crippen molar-refractivity contribution in [2.45, 2.75) is 26.4 Å². The minimum absolute atomic E-state index is 0.0855. The van der Waals surface area contributed by atoms with E-state index in [1.54, 1.807) is 12.1 Å². The van der Waals surface area contributed by atoms with Gasteiger partial charge in [0.2, 0.25) is 5.91 Å². The first-order chi connectivity index (χ1) is 7.38. The fraction of sp³-hybridized carbons (Fsp3) is 0.417. The molecule has 0 radical (unpaired) electrons. The number of ether oxygens (including phenoxy) is 1. The monoisotopic (exact) mass is 225 g/mol. The second-order valence-corrected chi connectivity index (χ2v) is 4.43. The molecule has 1 aromatic rings. The molecule has 1 N–H and O–H groups in total. The Morgan fingerprint density at radius 2 is 2.00 bits per heavy atom. The van der Waals surface area contributed by atoms with Gasteiger partial charge in [0.25, 0.3) is 0 Å². The number of anilines is 1. The van der Waals surface area contributed by atoms with E-state index in [0.717, 1.165) is 0 Å². The van der Waals surface area contributed by atoms with E-state index in [0.29, 0.717) is 0 Å². The summed E-state index contributed by atoms with van der Waals surface area (Å²) >= 11 is 0. The second kappa shape index (κ2) is 5.07. The first-order valence-corrected chi connectivity index (χ1v) is 5.07. The quantitative estimate of drug-likeness (QED) is 0.858. The highest BCUT2D eigenvalue weighted by Crippen LogP contribution is 2.12. The number of hydrogen-bond acceptors (Lipinski definition) is 2. The summed E-state index contributed by atoms with van der Waals surface area (Å²) in [5.41, 5.74) is -0.211. The van der Waals surface area contributed by atoms with Gasteiger partial charge in [-0.15, -0.1) is 0 Å². The van der Waals surface area contributed by atoms with E-state index in [9.17, 15) is 9.18 Å². The van der Waals surface area contributed by atoms with Gasteiger partial charge in [0, 0.05) is 0 Å². The zero-order valence-corrected chi connectivity index (χ0v) is 9.71. The Labute approximate surface area is 94.6 Å².